The first-order valence-corrected chi connectivity index (χ1v) is 7.14. The molecule has 0 aromatic rings. The van der Waals surface area contributed by atoms with Crippen LogP contribution < -0.4 is 0 Å². The van der Waals surface area contributed by atoms with Gasteiger partial charge in [-0.15, -0.1) is 0 Å². The van der Waals surface area contributed by atoms with Crippen molar-refractivity contribution in [1.82, 2.24) is 0 Å². The van der Waals surface area contributed by atoms with E-state index in [2.05, 4.69) is 12.2 Å². The number of ether oxygens (including phenoxy) is 1. The van der Waals surface area contributed by atoms with Crippen LogP contribution in [-0.4, -0.2) is 23.3 Å². The highest BCUT2D eigenvalue weighted by Crippen LogP contribution is 2.53. The Balaban J connectivity index is 1.81. The molecule has 0 aromatic heterocycles. The minimum absolute atomic E-state index is 0.163. The highest BCUT2D eigenvalue weighted by molar-refractivity contribution is 5.75. The number of hydrogen-bond donors (Lipinski definition) is 1. The number of hydrogen-bond acceptors (Lipinski definition) is 3. The van der Waals surface area contributed by atoms with Crippen LogP contribution in [0.3, 0.4) is 0 Å². The van der Waals surface area contributed by atoms with Gasteiger partial charge in [-0.1, -0.05) is 18.2 Å². The molecule has 19 heavy (non-hydrogen) atoms. The molecule has 0 unspecified atom stereocenters. The number of allylic oxidation sites excluding steroid dienone is 2. The van der Waals surface area contributed by atoms with Crippen molar-refractivity contribution in [3.8, 4) is 0 Å². The number of carbonyl (C=O) groups excluding carboxylic acids is 1. The van der Waals surface area contributed by atoms with Gasteiger partial charge in [0.15, 0.2) is 0 Å². The predicted octanol–water partition coefficient (Wildman–Crippen LogP) is 2.31. The van der Waals surface area contributed by atoms with Crippen LogP contribution in [0.1, 0.15) is 27.2 Å². The molecule has 6 atom stereocenters. The lowest BCUT2D eigenvalue weighted by atomic mass is 9.73. The van der Waals surface area contributed by atoms with Gasteiger partial charge in [0.05, 0.1) is 11.5 Å². The summed E-state index contributed by atoms with van der Waals surface area (Å²) in [6.07, 6.45) is 8.65. The summed E-state index contributed by atoms with van der Waals surface area (Å²) < 4.78 is 5.70. The van der Waals surface area contributed by atoms with E-state index in [9.17, 15) is 9.90 Å². The number of esters is 1. The highest BCUT2D eigenvalue weighted by Gasteiger charge is 2.52. The fourth-order valence-electron chi connectivity index (χ4n) is 3.74. The lowest BCUT2D eigenvalue weighted by Crippen LogP contribution is -2.43. The van der Waals surface area contributed by atoms with Gasteiger partial charge in [0.25, 0.3) is 0 Å². The Labute approximate surface area is 114 Å². The molecule has 1 N–H and O–H groups in total. The Hall–Kier alpha value is -1.09. The normalized spacial score (nSPS) is 43.4. The van der Waals surface area contributed by atoms with Crippen LogP contribution in [0.15, 0.2) is 24.3 Å². The molecule has 2 bridgehead atoms. The molecule has 3 aliphatic carbocycles. The second-order valence-electron chi connectivity index (χ2n) is 7.10. The Bertz CT molecular complexity index is 443. The Kier molecular flexibility index (Phi) is 2.86. The Morgan fingerprint density at radius 2 is 1.74 bits per heavy atom. The predicted molar refractivity (Wildman–Crippen MR) is 72.2 cm³/mol. The van der Waals surface area contributed by atoms with Gasteiger partial charge in [-0.05, 0) is 45.1 Å². The van der Waals surface area contributed by atoms with Crippen molar-refractivity contribution in [3.05, 3.63) is 24.3 Å². The maximum absolute atomic E-state index is 12.1. The number of aliphatic hydroxyl groups is 1. The van der Waals surface area contributed by atoms with Crippen molar-refractivity contribution in [2.45, 2.75) is 39.4 Å². The van der Waals surface area contributed by atoms with Crippen LogP contribution in [0.4, 0.5) is 0 Å². The average Bonchev–Trinajstić information content (AvgIpc) is 2.92. The number of rotatable bonds is 1. The lowest BCUT2D eigenvalue weighted by Gasteiger charge is -2.38. The van der Waals surface area contributed by atoms with Crippen LogP contribution >= 0.6 is 0 Å². The third-order valence-corrected chi connectivity index (χ3v) is 4.71. The van der Waals surface area contributed by atoms with Gasteiger partial charge < -0.3 is 9.84 Å². The van der Waals surface area contributed by atoms with E-state index in [1.165, 1.54) is 0 Å². The van der Waals surface area contributed by atoms with E-state index >= 15 is 0 Å². The molecule has 1 saturated carbocycles. The fraction of sp³-hybridized carbons (Fsp3) is 0.688. The Morgan fingerprint density at radius 1 is 1.11 bits per heavy atom. The van der Waals surface area contributed by atoms with Crippen molar-refractivity contribution in [3.63, 3.8) is 0 Å². The van der Waals surface area contributed by atoms with Gasteiger partial charge in [-0.2, -0.15) is 0 Å². The van der Waals surface area contributed by atoms with Gasteiger partial charge in [-0.3, -0.25) is 4.79 Å². The number of carbonyl (C=O) groups is 1. The van der Waals surface area contributed by atoms with E-state index in [1.807, 2.05) is 26.8 Å². The summed E-state index contributed by atoms with van der Waals surface area (Å²) in [6, 6.07) is 0. The Morgan fingerprint density at radius 3 is 2.37 bits per heavy atom. The van der Waals surface area contributed by atoms with Crippen LogP contribution in [0.25, 0.3) is 0 Å². The highest BCUT2D eigenvalue weighted by atomic mass is 16.5. The minimum atomic E-state index is -0.479. The molecule has 3 heteroatoms. The van der Waals surface area contributed by atoms with E-state index in [0.717, 1.165) is 6.42 Å². The van der Waals surface area contributed by atoms with Crippen molar-refractivity contribution < 1.29 is 14.6 Å². The van der Waals surface area contributed by atoms with Crippen molar-refractivity contribution in [1.29, 1.82) is 0 Å². The second-order valence-corrected chi connectivity index (χ2v) is 7.10. The average molecular weight is 262 g/mol. The third kappa shape index (κ3) is 2.04. The maximum Gasteiger partial charge on any atom is 0.311 e. The summed E-state index contributed by atoms with van der Waals surface area (Å²) in [5, 5.41) is 10.2. The molecule has 0 spiro atoms. The largest absolute Gasteiger partial charge is 0.457 e. The number of fused-ring (bicyclic) bond motifs is 5. The molecule has 0 heterocycles. The van der Waals surface area contributed by atoms with E-state index in [1.54, 1.807) is 6.08 Å². The fourth-order valence-corrected chi connectivity index (χ4v) is 3.74. The zero-order valence-electron chi connectivity index (χ0n) is 11.7. The molecular weight excluding hydrogens is 240 g/mol. The topological polar surface area (TPSA) is 46.5 Å². The first kappa shape index (κ1) is 12.9. The summed E-state index contributed by atoms with van der Waals surface area (Å²) in [6.45, 7) is 5.61. The first-order valence-electron chi connectivity index (χ1n) is 7.14. The molecule has 3 nitrogen and oxygen atoms in total. The molecule has 0 amide bonds. The smallest absolute Gasteiger partial charge is 0.311 e. The maximum atomic E-state index is 12.1. The molecule has 1 fully saturated rings. The molecule has 104 valence electrons. The summed E-state index contributed by atoms with van der Waals surface area (Å²) >= 11 is 0. The summed E-state index contributed by atoms with van der Waals surface area (Å²) in [5.74, 6) is 1.21. The van der Waals surface area contributed by atoms with Gasteiger partial charge >= 0.3 is 5.97 Å². The van der Waals surface area contributed by atoms with Gasteiger partial charge in [-0.25, -0.2) is 0 Å². The summed E-state index contributed by atoms with van der Waals surface area (Å²) in [4.78, 5) is 12.1. The summed E-state index contributed by atoms with van der Waals surface area (Å²) in [7, 11) is 0. The van der Waals surface area contributed by atoms with E-state index in [4.69, 9.17) is 4.74 Å². The zero-order valence-corrected chi connectivity index (χ0v) is 11.7. The van der Waals surface area contributed by atoms with Crippen LogP contribution in [0, 0.1) is 29.1 Å². The van der Waals surface area contributed by atoms with Crippen molar-refractivity contribution in [2.24, 2.45) is 29.1 Å². The van der Waals surface area contributed by atoms with Crippen LogP contribution in [0.2, 0.25) is 0 Å². The first-order chi connectivity index (χ1) is 8.88. The van der Waals surface area contributed by atoms with E-state index < -0.39 is 11.5 Å². The molecular formula is C16H22O3. The van der Waals surface area contributed by atoms with E-state index in [0.29, 0.717) is 11.8 Å². The van der Waals surface area contributed by atoms with Crippen molar-refractivity contribution >= 4 is 5.97 Å². The third-order valence-electron chi connectivity index (χ3n) is 4.71. The van der Waals surface area contributed by atoms with Gasteiger partial charge in [0, 0.05) is 11.8 Å². The lowest BCUT2D eigenvalue weighted by molar-refractivity contribution is -0.161. The molecule has 3 aliphatic rings. The quantitative estimate of drug-likeness (QED) is 0.582. The standard InChI is InChI=1S/C16H22O3/c1-16(2,3)15(18)19-12-7-6-11(17)13-9-4-5-10(8-9)14(12)13/h4-7,9-14,17H,8H2,1-3H3/t9-,10+,11+,12+,13+,14-/m1/s1. The van der Waals surface area contributed by atoms with E-state index in [-0.39, 0.29) is 23.9 Å². The number of aliphatic hydroxyl groups excluding tert-OH is 1. The molecule has 0 saturated heterocycles. The van der Waals surface area contributed by atoms with Crippen molar-refractivity contribution in [2.75, 3.05) is 0 Å². The monoisotopic (exact) mass is 262 g/mol. The van der Waals surface area contributed by atoms with Crippen LogP contribution in [-0.2, 0) is 9.53 Å². The molecule has 0 radical (unpaired) electrons. The van der Waals surface area contributed by atoms with Gasteiger partial charge in [0.2, 0.25) is 0 Å². The zero-order chi connectivity index (χ0) is 13.8. The summed E-state index contributed by atoms with van der Waals surface area (Å²) in [5.41, 5.74) is -0.479. The molecule has 3 rings (SSSR count). The molecule has 0 aliphatic heterocycles. The second kappa shape index (κ2) is 4.20. The SMILES string of the molecule is CC(C)(C)C(=O)O[C@H]1C=C[C@H](O)[C@H]2[C@@H]1[C@H]1C=C[C@@H]2C1. The minimum Gasteiger partial charge on any atom is -0.457 e. The van der Waals surface area contributed by atoms with Gasteiger partial charge in [0.1, 0.15) is 6.10 Å². The van der Waals surface area contributed by atoms with Crippen LogP contribution in [0.5, 0.6) is 0 Å². The molecule has 0 aromatic carbocycles.